The highest BCUT2D eigenvalue weighted by Gasteiger charge is 2.28. The Bertz CT molecular complexity index is 939. The smallest absolute Gasteiger partial charge is 0.282 e. The Labute approximate surface area is 186 Å². The molecule has 32 heavy (non-hydrogen) atoms. The number of aliphatic hydroxyl groups is 1. The van der Waals surface area contributed by atoms with Crippen molar-refractivity contribution in [2.45, 2.75) is 0 Å². The molecule has 2 aliphatic rings. The predicted octanol–water partition coefficient (Wildman–Crippen LogP) is 0.461. The Kier molecular flexibility index (Phi) is 6.76. The molecule has 2 fully saturated rings. The van der Waals surface area contributed by atoms with Gasteiger partial charge in [-0.05, 0) is 18.2 Å². The molecule has 0 spiro atoms. The van der Waals surface area contributed by atoms with Crippen molar-refractivity contribution in [1.29, 1.82) is 0 Å². The van der Waals surface area contributed by atoms with Crippen molar-refractivity contribution >= 4 is 23.2 Å². The number of carbonyl (C=O) groups is 1. The molecule has 1 aromatic carbocycles. The Hall–Kier alpha value is -3.31. The normalized spacial score (nSPS) is 17.5. The minimum atomic E-state index is -0.521. The van der Waals surface area contributed by atoms with Crippen molar-refractivity contribution in [2.75, 3.05) is 75.3 Å². The van der Waals surface area contributed by atoms with Gasteiger partial charge < -0.3 is 19.8 Å². The number of hydrogen-bond acceptors (Lipinski definition) is 9. The highest BCUT2D eigenvalue weighted by Crippen LogP contribution is 2.22. The summed E-state index contributed by atoms with van der Waals surface area (Å²) in [4.78, 5) is 31.6. The molecule has 2 saturated heterocycles. The van der Waals surface area contributed by atoms with Gasteiger partial charge in [0, 0.05) is 65.0 Å². The number of nitro benzene ring substituents is 1. The molecular formula is C21H27N7O4. The maximum absolute atomic E-state index is 12.8. The van der Waals surface area contributed by atoms with Crippen LogP contribution in [0.25, 0.3) is 0 Å². The second-order valence-electron chi connectivity index (χ2n) is 7.86. The number of β-amino-alcohol motifs (C(OH)–C–C–N with tert-alkyl or cyclic N) is 1. The minimum absolute atomic E-state index is 0.120. The number of aliphatic hydroxyl groups excluding tert-OH is 1. The maximum atomic E-state index is 12.8. The van der Waals surface area contributed by atoms with Crippen LogP contribution in [-0.2, 0) is 0 Å². The number of piperazine rings is 2. The van der Waals surface area contributed by atoms with E-state index in [1.807, 2.05) is 12.1 Å². The van der Waals surface area contributed by atoms with Gasteiger partial charge in [0.2, 0.25) is 0 Å². The van der Waals surface area contributed by atoms with Gasteiger partial charge in [-0.25, -0.2) is 0 Å². The zero-order valence-electron chi connectivity index (χ0n) is 17.8. The van der Waals surface area contributed by atoms with E-state index >= 15 is 0 Å². The van der Waals surface area contributed by atoms with Crippen molar-refractivity contribution < 1.29 is 14.8 Å². The second-order valence-corrected chi connectivity index (χ2v) is 7.86. The summed E-state index contributed by atoms with van der Waals surface area (Å²) < 4.78 is 0. The fraction of sp³-hybridized carbons (Fsp3) is 0.476. The lowest BCUT2D eigenvalue weighted by Crippen LogP contribution is -2.49. The fourth-order valence-corrected chi connectivity index (χ4v) is 4.12. The van der Waals surface area contributed by atoms with Crippen LogP contribution in [0.15, 0.2) is 36.4 Å². The van der Waals surface area contributed by atoms with E-state index in [1.54, 1.807) is 17.0 Å². The van der Waals surface area contributed by atoms with Crippen LogP contribution >= 0.6 is 0 Å². The molecule has 1 amide bonds. The van der Waals surface area contributed by atoms with Gasteiger partial charge in [-0.2, -0.15) is 0 Å². The van der Waals surface area contributed by atoms with E-state index in [0.29, 0.717) is 32.7 Å². The molecule has 0 saturated carbocycles. The summed E-state index contributed by atoms with van der Waals surface area (Å²) in [5.41, 5.74) is -0.0484. The number of rotatable bonds is 6. The molecule has 11 heteroatoms. The molecule has 0 bridgehead atoms. The molecule has 0 aliphatic carbocycles. The number of nitrogens with zero attached hydrogens (tertiary/aromatic N) is 7. The average molecular weight is 441 g/mol. The average Bonchev–Trinajstić information content (AvgIpc) is 2.84. The number of para-hydroxylation sites is 1. The molecule has 170 valence electrons. The van der Waals surface area contributed by atoms with Crippen molar-refractivity contribution in [1.82, 2.24) is 20.0 Å². The Morgan fingerprint density at radius 2 is 1.47 bits per heavy atom. The van der Waals surface area contributed by atoms with E-state index in [1.165, 1.54) is 12.1 Å². The van der Waals surface area contributed by atoms with Crippen LogP contribution in [0, 0.1) is 10.1 Å². The number of nitro groups is 1. The molecule has 0 unspecified atom stereocenters. The molecule has 4 rings (SSSR count). The van der Waals surface area contributed by atoms with Crippen LogP contribution in [0.1, 0.15) is 10.4 Å². The number of carbonyl (C=O) groups excluding carboxylic acids is 1. The van der Waals surface area contributed by atoms with Crippen LogP contribution in [0.3, 0.4) is 0 Å². The third-order valence-corrected chi connectivity index (χ3v) is 5.97. The molecule has 1 aromatic heterocycles. The van der Waals surface area contributed by atoms with Gasteiger partial charge in [-0.3, -0.25) is 19.8 Å². The lowest BCUT2D eigenvalue weighted by atomic mass is 10.1. The van der Waals surface area contributed by atoms with Gasteiger partial charge in [0.1, 0.15) is 5.56 Å². The van der Waals surface area contributed by atoms with Crippen molar-refractivity contribution in [3.63, 3.8) is 0 Å². The van der Waals surface area contributed by atoms with Gasteiger partial charge in [-0.15, -0.1) is 10.2 Å². The highest BCUT2D eigenvalue weighted by atomic mass is 16.6. The van der Waals surface area contributed by atoms with E-state index in [4.69, 9.17) is 5.11 Å². The lowest BCUT2D eigenvalue weighted by molar-refractivity contribution is -0.385. The third-order valence-electron chi connectivity index (χ3n) is 5.97. The zero-order chi connectivity index (χ0) is 22.5. The number of aromatic nitrogens is 2. The van der Waals surface area contributed by atoms with Gasteiger partial charge in [0.05, 0.1) is 11.5 Å². The minimum Gasteiger partial charge on any atom is -0.395 e. The molecule has 2 aromatic rings. The van der Waals surface area contributed by atoms with Crippen molar-refractivity contribution in [2.24, 2.45) is 0 Å². The summed E-state index contributed by atoms with van der Waals surface area (Å²) >= 11 is 0. The number of hydrogen-bond donors (Lipinski definition) is 1. The topological polar surface area (TPSA) is 119 Å². The molecule has 0 atom stereocenters. The van der Waals surface area contributed by atoms with Gasteiger partial charge in [-0.1, -0.05) is 12.1 Å². The first-order chi connectivity index (χ1) is 15.6. The summed E-state index contributed by atoms with van der Waals surface area (Å²) in [6.45, 7) is 6.43. The van der Waals surface area contributed by atoms with Gasteiger partial charge in [0.25, 0.3) is 11.6 Å². The number of anilines is 2. The molecule has 0 radical (unpaired) electrons. The Morgan fingerprint density at radius 1 is 0.906 bits per heavy atom. The summed E-state index contributed by atoms with van der Waals surface area (Å²) in [7, 11) is 0. The van der Waals surface area contributed by atoms with E-state index < -0.39 is 4.92 Å². The largest absolute Gasteiger partial charge is 0.395 e. The summed E-state index contributed by atoms with van der Waals surface area (Å²) in [6.07, 6.45) is 0. The molecule has 2 aliphatic heterocycles. The van der Waals surface area contributed by atoms with Crippen LogP contribution in [0.5, 0.6) is 0 Å². The molecule has 3 heterocycles. The molecular weight excluding hydrogens is 414 g/mol. The van der Waals surface area contributed by atoms with E-state index in [9.17, 15) is 14.9 Å². The first-order valence-electron chi connectivity index (χ1n) is 10.8. The first-order valence-corrected chi connectivity index (χ1v) is 10.8. The first kappa shape index (κ1) is 21.9. The maximum Gasteiger partial charge on any atom is 0.282 e. The van der Waals surface area contributed by atoms with Crippen molar-refractivity contribution in [3.8, 4) is 0 Å². The number of amides is 1. The predicted molar refractivity (Wildman–Crippen MR) is 119 cm³/mol. The summed E-state index contributed by atoms with van der Waals surface area (Å²) in [5, 5.41) is 29.1. The fourth-order valence-electron chi connectivity index (χ4n) is 4.12. The summed E-state index contributed by atoms with van der Waals surface area (Å²) in [5.74, 6) is 1.27. The lowest BCUT2D eigenvalue weighted by Gasteiger charge is -2.36. The second kappa shape index (κ2) is 9.88. The van der Waals surface area contributed by atoms with Crippen LogP contribution in [-0.4, -0.2) is 101 Å². The standard InChI is InChI=1S/C21H27N7O4/c29-16-15-24-7-9-25(10-8-24)19-5-6-20(23-22-19)26-11-13-27(14-12-26)21(30)17-3-1-2-4-18(17)28(31)32/h1-6,29H,7-16H2. The third kappa shape index (κ3) is 4.78. The molecule has 11 nitrogen and oxygen atoms in total. The SMILES string of the molecule is O=C(c1ccccc1[N+](=O)[O-])N1CCN(c2ccc(N3CCN(CCO)CC3)nn2)CC1. The van der Waals surface area contributed by atoms with Crippen LogP contribution in [0.4, 0.5) is 17.3 Å². The zero-order valence-corrected chi connectivity index (χ0v) is 17.8. The van der Waals surface area contributed by atoms with Crippen LogP contribution in [0.2, 0.25) is 0 Å². The summed E-state index contributed by atoms with van der Waals surface area (Å²) in [6, 6.07) is 9.97. The monoisotopic (exact) mass is 441 g/mol. The quantitative estimate of drug-likeness (QED) is 0.504. The van der Waals surface area contributed by atoms with Crippen molar-refractivity contribution in [3.05, 3.63) is 52.1 Å². The van der Waals surface area contributed by atoms with Gasteiger partial charge in [0.15, 0.2) is 11.6 Å². The van der Waals surface area contributed by atoms with Gasteiger partial charge >= 0.3 is 0 Å². The molecule has 1 N–H and O–H groups in total. The van der Waals surface area contributed by atoms with E-state index in [2.05, 4.69) is 24.9 Å². The van der Waals surface area contributed by atoms with Crippen LogP contribution < -0.4 is 9.80 Å². The van der Waals surface area contributed by atoms with E-state index in [-0.39, 0.29) is 23.8 Å². The highest BCUT2D eigenvalue weighted by molar-refractivity contribution is 5.98. The Balaban J connectivity index is 1.33. The number of benzene rings is 1. The van der Waals surface area contributed by atoms with E-state index in [0.717, 1.165) is 37.8 Å². The Morgan fingerprint density at radius 3 is 2.00 bits per heavy atom.